The van der Waals surface area contributed by atoms with E-state index in [1.54, 1.807) is 23.0 Å². The highest BCUT2D eigenvalue weighted by atomic mass is 15.3. The molecule has 0 amide bonds. The quantitative estimate of drug-likeness (QED) is 0.889. The van der Waals surface area contributed by atoms with Gasteiger partial charge in [0.05, 0.1) is 22.6 Å². The number of nitrogens with zero attached hydrogens (tertiary/aromatic N) is 4. The number of pyridine rings is 1. The van der Waals surface area contributed by atoms with Crippen LogP contribution >= 0.6 is 0 Å². The zero-order chi connectivity index (χ0) is 13.1. The third-order valence-corrected chi connectivity index (χ3v) is 2.88. The molecular formula is C13H15N5. The van der Waals surface area contributed by atoms with Crippen molar-refractivity contribution in [3.63, 3.8) is 0 Å². The van der Waals surface area contributed by atoms with Crippen LogP contribution in [0.15, 0.2) is 18.3 Å². The molecule has 0 aliphatic heterocycles. The van der Waals surface area contributed by atoms with E-state index in [1.165, 1.54) is 0 Å². The van der Waals surface area contributed by atoms with Gasteiger partial charge in [-0.2, -0.15) is 10.4 Å². The van der Waals surface area contributed by atoms with Crippen molar-refractivity contribution in [1.82, 2.24) is 14.8 Å². The Morgan fingerprint density at radius 1 is 1.39 bits per heavy atom. The minimum atomic E-state index is 0.498. The maximum Gasteiger partial charge on any atom is 0.171 e. The number of nitriles is 1. The number of nitrogen functional groups attached to an aromatic ring is 1. The molecule has 18 heavy (non-hydrogen) atoms. The summed E-state index contributed by atoms with van der Waals surface area (Å²) in [5, 5.41) is 13.6. The van der Waals surface area contributed by atoms with Crippen LogP contribution in [-0.4, -0.2) is 14.8 Å². The van der Waals surface area contributed by atoms with E-state index < -0.39 is 0 Å². The minimum absolute atomic E-state index is 0.498. The monoisotopic (exact) mass is 241 g/mol. The highest BCUT2D eigenvalue weighted by Crippen LogP contribution is 2.22. The van der Waals surface area contributed by atoms with Crippen LogP contribution in [0.1, 0.15) is 30.8 Å². The van der Waals surface area contributed by atoms with Crippen LogP contribution in [0, 0.1) is 11.3 Å². The van der Waals surface area contributed by atoms with Crippen LogP contribution < -0.4 is 5.73 Å². The van der Waals surface area contributed by atoms with Crippen molar-refractivity contribution < 1.29 is 0 Å². The van der Waals surface area contributed by atoms with Gasteiger partial charge in [0, 0.05) is 6.20 Å². The van der Waals surface area contributed by atoms with E-state index in [9.17, 15) is 0 Å². The molecule has 0 unspecified atom stereocenters. The molecular weight excluding hydrogens is 226 g/mol. The lowest BCUT2D eigenvalue weighted by atomic mass is 10.2. The Balaban J connectivity index is 2.68. The van der Waals surface area contributed by atoms with Crippen LogP contribution in [0.25, 0.3) is 5.82 Å². The van der Waals surface area contributed by atoms with Crippen molar-refractivity contribution in [3.05, 3.63) is 35.3 Å². The van der Waals surface area contributed by atoms with E-state index in [2.05, 4.69) is 16.2 Å². The number of rotatable bonds is 3. The first-order valence-electron chi connectivity index (χ1n) is 5.94. The lowest BCUT2D eigenvalue weighted by Gasteiger charge is -2.06. The number of hydrogen-bond acceptors (Lipinski definition) is 4. The molecule has 2 rings (SSSR count). The van der Waals surface area contributed by atoms with Crippen molar-refractivity contribution >= 4 is 5.69 Å². The maximum absolute atomic E-state index is 9.11. The highest BCUT2D eigenvalue weighted by Gasteiger charge is 2.16. The molecule has 5 heteroatoms. The van der Waals surface area contributed by atoms with E-state index in [0.717, 1.165) is 24.2 Å². The third kappa shape index (κ3) is 1.82. The summed E-state index contributed by atoms with van der Waals surface area (Å²) in [7, 11) is 0. The minimum Gasteiger partial charge on any atom is -0.396 e. The molecule has 0 bridgehead atoms. The van der Waals surface area contributed by atoms with Crippen LogP contribution in [-0.2, 0) is 12.8 Å². The van der Waals surface area contributed by atoms with Crippen molar-refractivity contribution in [2.45, 2.75) is 26.7 Å². The molecule has 2 aromatic heterocycles. The first-order chi connectivity index (χ1) is 8.72. The Morgan fingerprint density at radius 3 is 2.78 bits per heavy atom. The van der Waals surface area contributed by atoms with Gasteiger partial charge in [-0.25, -0.2) is 9.67 Å². The number of hydrogen-bond donors (Lipinski definition) is 1. The van der Waals surface area contributed by atoms with Gasteiger partial charge in [-0.15, -0.1) is 0 Å². The summed E-state index contributed by atoms with van der Waals surface area (Å²) < 4.78 is 1.69. The third-order valence-electron chi connectivity index (χ3n) is 2.88. The van der Waals surface area contributed by atoms with Gasteiger partial charge in [0.15, 0.2) is 5.82 Å². The Hall–Kier alpha value is -2.35. The van der Waals surface area contributed by atoms with Crippen LogP contribution in [0.3, 0.4) is 0 Å². The van der Waals surface area contributed by atoms with Gasteiger partial charge < -0.3 is 5.73 Å². The predicted molar refractivity (Wildman–Crippen MR) is 69.2 cm³/mol. The van der Waals surface area contributed by atoms with E-state index in [0.29, 0.717) is 17.1 Å². The lowest BCUT2D eigenvalue weighted by Crippen LogP contribution is -2.06. The molecule has 2 heterocycles. The molecule has 2 N–H and O–H groups in total. The van der Waals surface area contributed by atoms with Crippen molar-refractivity contribution in [2.75, 3.05) is 5.73 Å². The molecule has 5 nitrogen and oxygen atoms in total. The Bertz CT molecular complexity index is 606. The number of aromatic nitrogens is 3. The van der Waals surface area contributed by atoms with Gasteiger partial charge in [0.1, 0.15) is 6.07 Å². The summed E-state index contributed by atoms with van der Waals surface area (Å²) in [4.78, 5) is 4.24. The molecule has 0 aliphatic rings. The molecule has 0 spiro atoms. The zero-order valence-electron chi connectivity index (χ0n) is 10.5. The largest absolute Gasteiger partial charge is 0.396 e. The van der Waals surface area contributed by atoms with Gasteiger partial charge in [0.2, 0.25) is 0 Å². The van der Waals surface area contributed by atoms with Gasteiger partial charge in [-0.3, -0.25) is 0 Å². The number of aryl methyl sites for hydroxylation is 1. The molecule has 92 valence electrons. The molecule has 0 fully saturated rings. The van der Waals surface area contributed by atoms with Crippen LogP contribution in [0.5, 0.6) is 0 Å². The second kappa shape index (κ2) is 4.88. The first kappa shape index (κ1) is 12.1. The zero-order valence-corrected chi connectivity index (χ0v) is 10.5. The van der Waals surface area contributed by atoms with Gasteiger partial charge >= 0.3 is 0 Å². The molecule has 0 radical (unpaired) electrons. The number of anilines is 1. The lowest BCUT2D eigenvalue weighted by molar-refractivity contribution is 0.770. The van der Waals surface area contributed by atoms with Gasteiger partial charge in [-0.05, 0) is 25.0 Å². The number of nitrogens with two attached hydrogens (primary N) is 1. The van der Waals surface area contributed by atoms with Crippen molar-refractivity contribution in [1.29, 1.82) is 5.26 Å². The second-order valence-corrected chi connectivity index (χ2v) is 3.91. The fraction of sp³-hybridized carbons (Fsp3) is 0.308. The fourth-order valence-corrected chi connectivity index (χ4v) is 1.95. The second-order valence-electron chi connectivity index (χ2n) is 3.91. The molecule has 0 saturated heterocycles. The topological polar surface area (TPSA) is 80.5 Å². The van der Waals surface area contributed by atoms with E-state index in [4.69, 9.17) is 11.0 Å². The van der Waals surface area contributed by atoms with Gasteiger partial charge in [-0.1, -0.05) is 13.8 Å². The summed E-state index contributed by atoms with van der Waals surface area (Å²) in [6.45, 7) is 4.02. The Kier molecular flexibility index (Phi) is 3.28. The summed E-state index contributed by atoms with van der Waals surface area (Å²) in [5.41, 5.74) is 9.01. The first-order valence-corrected chi connectivity index (χ1v) is 5.94. The summed E-state index contributed by atoms with van der Waals surface area (Å²) in [5.74, 6) is 0.545. The summed E-state index contributed by atoms with van der Waals surface area (Å²) in [6, 6.07) is 5.59. The summed E-state index contributed by atoms with van der Waals surface area (Å²) >= 11 is 0. The predicted octanol–water partition coefficient (Wildman–Crippen LogP) is 1.85. The van der Waals surface area contributed by atoms with E-state index in [1.807, 2.05) is 13.8 Å². The summed E-state index contributed by atoms with van der Waals surface area (Å²) in [6.07, 6.45) is 3.17. The van der Waals surface area contributed by atoms with E-state index in [-0.39, 0.29) is 0 Å². The molecule has 0 aliphatic carbocycles. The molecule has 0 aromatic carbocycles. The molecule has 2 aromatic rings. The SMILES string of the molecule is CCc1nn(-c2ncccc2C#N)c(CC)c1N. The van der Waals surface area contributed by atoms with Crippen LogP contribution in [0.4, 0.5) is 5.69 Å². The average Bonchev–Trinajstić information content (AvgIpc) is 2.74. The normalized spacial score (nSPS) is 10.3. The Labute approximate surface area is 106 Å². The standard InChI is InChI=1S/C13H15N5/c1-3-10-12(15)11(4-2)18(17-10)13-9(8-14)6-5-7-16-13/h5-7H,3-4,15H2,1-2H3. The molecule has 0 atom stereocenters. The maximum atomic E-state index is 9.11. The van der Waals surface area contributed by atoms with E-state index >= 15 is 0 Å². The highest BCUT2D eigenvalue weighted by molar-refractivity contribution is 5.53. The molecule has 0 saturated carbocycles. The van der Waals surface area contributed by atoms with Crippen molar-refractivity contribution in [3.8, 4) is 11.9 Å². The van der Waals surface area contributed by atoms with Crippen LogP contribution in [0.2, 0.25) is 0 Å². The fourth-order valence-electron chi connectivity index (χ4n) is 1.95. The average molecular weight is 241 g/mol. The van der Waals surface area contributed by atoms with Crippen molar-refractivity contribution in [2.24, 2.45) is 0 Å². The smallest absolute Gasteiger partial charge is 0.171 e. The Morgan fingerprint density at radius 2 is 2.17 bits per heavy atom. The van der Waals surface area contributed by atoms with Gasteiger partial charge in [0.25, 0.3) is 0 Å².